The maximum Gasteiger partial charge on any atom is 0.322 e. The first kappa shape index (κ1) is 20.3. The molecule has 5 rings (SSSR count). The Kier molecular flexibility index (Phi) is 5.13. The SMILES string of the molecule is Cc1cc(N2CC3(CCC(C)(c4ccccc4)CC3)NC2=O)cnc1N1CCOCC1. The van der Waals surface area contributed by atoms with Crippen LogP contribution in [-0.2, 0) is 10.2 Å². The van der Waals surface area contributed by atoms with E-state index in [1.165, 1.54) is 5.56 Å². The number of pyridine rings is 1. The monoisotopic (exact) mass is 420 g/mol. The van der Waals surface area contributed by atoms with E-state index in [1.54, 1.807) is 0 Å². The summed E-state index contributed by atoms with van der Waals surface area (Å²) in [6, 6.07) is 12.9. The number of hydrogen-bond acceptors (Lipinski definition) is 4. The summed E-state index contributed by atoms with van der Waals surface area (Å²) in [4.78, 5) is 21.8. The van der Waals surface area contributed by atoms with Crippen molar-refractivity contribution in [3.05, 3.63) is 53.7 Å². The minimum atomic E-state index is -0.137. The van der Waals surface area contributed by atoms with E-state index >= 15 is 0 Å². The number of aryl methyl sites for hydroxylation is 1. The number of carbonyl (C=O) groups is 1. The smallest absolute Gasteiger partial charge is 0.322 e. The van der Waals surface area contributed by atoms with Gasteiger partial charge in [0.15, 0.2) is 0 Å². The van der Waals surface area contributed by atoms with Crippen molar-refractivity contribution in [1.29, 1.82) is 0 Å². The van der Waals surface area contributed by atoms with Gasteiger partial charge in [0, 0.05) is 13.1 Å². The van der Waals surface area contributed by atoms with E-state index in [2.05, 4.69) is 60.5 Å². The van der Waals surface area contributed by atoms with E-state index in [4.69, 9.17) is 9.72 Å². The number of nitrogens with zero attached hydrogens (tertiary/aromatic N) is 3. The first-order valence-corrected chi connectivity index (χ1v) is 11.4. The van der Waals surface area contributed by atoms with Gasteiger partial charge < -0.3 is 15.0 Å². The van der Waals surface area contributed by atoms with Crippen LogP contribution in [0.3, 0.4) is 0 Å². The van der Waals surface area contributed by atoms with Gasteiger partial charge in [-0.2, -0.15) is 0 Å². The predicted octanol–water partition coefficient (Wildman–Crippen LogP) is 4.03. The largest absolute Gasteiger partial charge is 0.378 e. The van der Waals surface area contributed by atoms with Crippen LogP contribution in [0.25, 0.3) is 0 Å². The van der Waals surface area contributed by atoms with E-state index in [1.807, 2.05) is 11.1 Å². The minimum Gasteiger partial charge on any atom is -0.378 e. The summed E-state index contributed by atoms with van der Waals surface area (Å²) in [6.45, 7) is 8.36. The van der Waals surface area contributed by atoms with E-state index in [0.717, 1.165) is 69.1 Å². The van der Waals surface area contributed by atoms with Gasteiger partial charge in [0.2, 0.25) is 0 Å². The Morgan fingerprint density at radius 2 is 1.77 bits per heavy atom. The molecule has 0 unspecified atom stereocenters. The fourth-order valence-corrected chi connectivity index (χ4v) is 5.42. The number of amides is 2. The molecular formula is C25H32N4O2. The summed E-state index contributed by atoms with van der Waals surface area (Å²) in [5.74, 6) is 0.998. The summed E-state index contributed by atoms with van der Waals surface area (Å²) < 4.78 is 5.46. The third kappa shape index (κ3) is 3.78. The lowest BCUT2D eigenvalue weighted by Gasteiger charge is -2.43. The second-order valence-electron chi connectivity index (χ2n) is 9.66. The molecule has 1 spiro atoms. The highest BCUT2D eigenvalue weighted by Gasteiger charge is 2.48. The van der Waals surface area contributed by atoms with Crippen molar-refractivity contribution < 1.29 is 9.53 Å². The quantitative estimate of drug-likeness (QED) is 0.815. The van der Waals surface area contributed by atoms with Crippen LogP contribution in [0.2, 0.25) is 0 Å². The van der Waals surface area contributed by atoms with Crippen molar-refractivity contribution in [2.45, 2.75) is 50.5 Å². The number of nitrogens with one attached hydrogen (secondary N) is 1. The van der Waals surface area contributed by atoms with Crippen molar-refractivity contribution in [3.63, 3.8) is 0 Å². The third-order valence-corrected chi connectivity index (χ3v) is 7.52. The Morgan fingerprint density at radius 1 is 1.06 bits per heavy atom. The highest BCUT2D eigenvalue weighted by molar-refractivity contribution is 5.95. The molecule has 2 aromatic rings. The second-order valence-corrected chi connectivity index (χ2v) is 9.66. The molecule has 0 radical (unpaired) electrons. The number of morpholine rings is 1. The molecule has 1 aromatic carbocycles. The molecule has 164 valence electrons. The molecule has 0 bridgehead atoms. The number of aromatic nitrogens is 1. The van der Waals surface area contributed by atoms with Crippen LogP contribution >= 0.6 is 0 Å². The standard InChI is InChI=1S/C25H32N4O2/c1-19-16-21(17-26-22(19)28-12-14-31-15-13-28)29-18-25(27-23(29)30)10-8-24(2,9-11-25)20-6-4-3-5-7-20/h3-7,16-17H,8-15,18H2,1-2H3,(H,27,30). The summed E-state index contributed by atoms with van der Waals surface area (Å²) >= 11 is 0. The number of ether oxygens (including phenoxy) is 1. The Morgan fingerprint density at radius 3 is 2.45 bits per heavy atom. The molecule has 31 heavy (non-hydrogen) atoms. The van der Waals surface area contributed by atoms with Crippen LogP contribution in [0.5, 0.6) is 0 Å². The van der Waals surface area contributed by atoms with Crippen LogP contribution < -0.4 is 15.1 Å². The zero-order chi connectivity index (χ0) is 21.5. The Hall–Kier alpha value is -2.60. The van der Waals surface area contributed by atoms with Gasteiger partial charge in [-0.1, -0.05) is 37.3 Å². The molecule has 6 nitrogen and oxygen atoms in total. The molecule has 2 aliphatic heterocycles. The van der Waals surface area contributed by atoms with Gasteiger partial charge in [-0.3, -0.25) is 4.90 Å². The molecule has 3 fully saturated rings. The van der Waals surface area contributed by atoms with Gasteiger partial charge in [0.05, 0.1) is 37.2 Å². The van der Waals surface area contributed by atoms with Crippen molar-refractivity contribution in [2.75, 3.05) is 42.6 Å². The van der Waals surface area contributed by atoms with Crippen molar-refractivity contribution >= 4 is 17.5 Å². The highest BCUT2D eigenvalue weighted by atomic mass is 16.5. The molecule has 2 amide bonds. The fourth-order valence-electron chi connectivity index (χ4n) is 5.42. The maximum absolute atomic E-state index is 12.9. The predicted molar refractivity (Wildman–Crippen MR) is 123 cm³/mol. The van der Waals surface area contributed by atoms with Crippen LogP contribution in [0, 0.1) is 6.92 Å². The zero-order valence-electron chi connectivity index (χ0n) is 18.6. The number of urea groups is 1. The van der Waals surface area contributed by atoms with Crippen molar-refractivity contribution in [2.24, 2.45) is 0 Å². The molecule has 3 heterocycles. The summed E-state index contributed by atoms with van der Waals surface area (Å²) in [7, 11) is 0. The molecule has 6 heteroatoms. The molecule has 0 atom stereocenters. The number of benzene rings is 1. The summed E-state index contributed by atoms with van der Waals surface area (Å²) in [5.41, 5.74) is 3.45. The topological polar surface area (TPSA) is 57.7 Å². The van der Waals surface area contributed by atoms with E-state index < -0.39 is 0 Å². The van der Waals surface area contributed by atoms with E-state index in [0.29, 0.717) is 6.54 Å². The Bertz CT molecular complexity index is 947. The van der Waals surface area contributed by atoms with Crippen LogP contribution in [0.1, 0.15) is 43.7 Å². The molecule has 1 aromatic heterocycles. The van der Waals surface area contributed by atoms with Gasteiger partial charge in [-0.25, -0.2) is 9.78 Å². The first-order chi connectivity index (χ1) is 15.0. The lowest BCUT2D eigenvalue weighted by molar-refractivity contribution is 0.122. The van der Waals surface area contributed by atoms with Crippen LogP contribution in [-0.4, -0.2) is 49.4 Å². The highest BCUT2D eigenvalue weighted by Crippen LogP contribution is 2.45. The number of rotatable bonds is 3. The van der Waals surface area contributed by atoms with Gasteiger partial charge >= 0.3 is 6.03 Å². The molecule has 2 saturated heterocycles. The first-order valence-electron chi connectivity index (χ1n) is 11.4. The maximum atomic E-state index is 12.9. The average molecular weight is 421 g/mol. The fraction of sp³-hybridized carbons (Fsp3) is 0.520. The van der Waals surface area contributed by atoms with Crippen LogP contribution in [0.4, 0.5) is 16.3 Å². The second kappa shape index (κ2) is 7.83. The van der Waals surface area contributed by atoms with Gasteiger partial charge in [-0.15, -0.1) is 0 Å². The van der Waals surface area contributed by atoms with Crippen LogP contribution in [0.15, 0.2) is 42.6 Å². The lowest BCUT2D eigenvalue weighted by atomic mass is 9.65. The van der Waals surface area contributed by atoms with E-state index in [-0.39, 0.29) is 17.0 Å². The summed E-state index contributed by atoms with van der Waals surface area (Å²) in [6.07, 6.45) is 6.02. The Balaban J connectivity index is 1.30. The molecule has 1 N–H and O–H groups in total. The minimum absolute atomic E-state index is 0.00337. The zero-order valence-corrected chi connectivity index (χ0v) is 18.6. The number of carbonyl (C=O) groups excluding carboxylic acids is 1. The van der Waals surface area contributed by atoms with Gasteiger partial charge in [0.1, 0.15) is 5.82 Å². The third-order valence-electron chi connectivity index (χ3n) is 7.52. The normalized spacial score (nSPS) is 28.8. The number of anilines is 2. The molecule has 3 aliphatic rings. The van der Waals surface area contributed by atoms with Crippen molar-refractivity contribution in [3.8, 4) is 0 Å². The van der Waals surface area contributed by atoms with Crippen molar-refractivity contribution in [1.82, 2.24) is 10.3 Å². The molecule has 1 saturated carbocycles. The van der Waals surface area contributed by atoms with Gasteiger partial charge in [0.25, 0.3) is 0 Å². The Labute approximate surface area is 184 Å². The average Bonchev–Trinajstić information content (AvgIpc) is 3.13. The number of hydrogen-bond donors (Lipinski definition) is 1. The van der Waals surface area contributed by atoms with E-state index in [9.17, 15) is 4.79 Å². The summed E-state index contributed by atoms with van der Waals surface area (Å²) in [5, 5.41) is 3.34. The lowest BCUT2D eigenvalue weighted by Crippen LogP contribution is -2.49. The molecular weight excluding hydrogens is 388 g/mol. The van der Waals surface area contributed by atoms with Gasteiger partial charge in [-0.05, 0) is 55.2 Å². The molecule has 1 aliphatic carbocycles.